The van der Waals surface area contributed by atoms with Crippen molar-refractivity contribution in [1.29, 1.82) is 0 Å². The van der Waals surface area contributed by atoms with Crippen molar-refractivity contribution in [2.45, 2.75) is 6.92 Å². The molecule has 6 heteroatoms. The molecule has 102 valence electrons. The molecule has 1 heterocycles. The van der Waals surface area contributed by atoms with Crippen LogP contribution in [0.5, 0.6) is 0 Å². The van der Waals surface area contributed by atoms with E-state index in [0.717, 1.165) is 5.70 Å². The molecule has 0 spiro atoms. The summed E-state index contributed by atoms with van der Waals surface area (Å²) in [6.07, 6.45) is 5.33. The quantitative estimate of drug-likeness (QED) is 0.442. The Morgan fingerprint density at radius 3 is 2.32 bits per heavy atom. The Labute approximate surface area is 117 Å². The number of ether oxygens (including phenoxy) is 2. The van der Waals surface area contributed by atoms with E-state index in [1.165, 1.54) is 14.2 Å². The lowest BCUT2D eigenvalue weighted by Gasteiger charge is -2.25. The van der Waals surface area contributed by atoms with Crippen molar-refractivity contribution >= 4 is 29.0 Å². The van der Waals surface area contributed by atoms with Crippen molar-refractivity contribution in [1.82, 2.24) is 4.90 Å². The summed E-state index contributed by atoms with van der Waals surface area (Å²) >= 11 is 5.00. The maximum absolute atomic E-state index is 11.9. The van der Waals surface area contributed by atoms with Crippen molar-refractivity contribution in [2.24, 2.45) is 0 Å². The molecule has 0 aromatic rings. The lowest BCUT2D eigenvalue weighted by Crippen LogP contribution is -2.28. The molecule has 0 radical (unpaired) electrons. The molecule has 1 aliphatic rings. The van der Waals surface area contributed by atoms with Gasteiger partial charge in [0.25, 0.3) is 0 Å². The normalized spacial score (nSPS) is 16.6. The summed E-state index contributed by atoms with van der Waals surface area (Å²) in [4.78, 5) is 25.0. The molecule has 0 amide bonds. The summed E-state index contributed by atoms with van der Waals surface area (Å²) in [6.45, 7) is 1.87. The number of esters is 2. The first-order valence-electron chi connectivity index (χ1n) is 5.48. The molecular weight excluding hydrogens is 266 g/mol. The van der Waals surface area contributed by atoms with Crippen molar-refractivity contribution < 1.29 is 19.1 Å². The van der Waals surface area contributed by atoms with Crippen molar-refractivity contribution in [2.75, 3.05) is 21.3 Å². The van der Waals surface area contributed by atoms with E-state index in [0.29, 0.717) is 5.70 Å². The van der Waals surface area contributed by atoms with Gasteiger partial charge in [-0.3, -0.25) is 0 Å². The maximum atomic E-state index is 11.9. The highest BCUT2D eigenvalue weighted by atomic mass is 32.1. The number of allylic oxidation sites excluding steroid dienone is 4. The van der Waals surface area contributed by atoms with Crippen molar-refractivity contribution in [3.8, 4) is 0 Å². The van der Waals surface area contributed by atoms with Crippen LogP contribution in [0, 0.1) is 0 Å². The Kier molecular flexibility index (Phi) is 5.00. The zero-order valence-corrected chi connectivity index (χ0v) is 12.0. The fourth-order valence-electron chi connectivity index (χ4n) is 1.55. The monoisotopic (exact) mass is 281 g/mol. The largest absolute Gasteiger partial charge is 0.465 e. The van der Waals surface area contributed by atoms with Gasteiger partial charge in [-0.25, -0.2) is 9.59 Å². The number of hydrogen-bond acceptors (Lipinski definition) is 6. The maximum Gasteiger partial charge on any atom is 0.349 e. The average Bonchev–Trinajstić information content (AvgIpc) is 2.42. The minimum atomic E-state index is -0.739. The molecule has 0 aromatic carbocycles. The molecule has 0 atom stereocenters. The Morgan fingerprint density at radius 2 is 1.79 bits per heavy atom. The van der Waals surface area contributed by atoms with E-state index in [2.05, 4.69) is 4.74 Å². The predicted molar refractivity (Wildman–Crippen MR) is 74.3 cm³/mol. The van der Waals surface area contributed by atoms with Crippen LogP contribution < -0.4 is 0 Å². The Hall–Kier alpha value is -1.95. The summed E-state index contributed by atoms with van der Waals surface area (Å²) in [7, 11) is 4.21. The van der Waals surface area contributed by atoms with Crippen LogP contribution in [-0.4, -0.2) is 43.0 Å². The van der Waals surface area contributed by atoms with Crippen LogP contribution in [-0.2, 0) is 19.1 Å². The van der Waals surface area contributed by atoms with E-state index in [4.69, 9.17) is 17.0 Å². The third-order valence-corrected chi connectivity index (χ3v) is 3.10. The highest BCUT2D eigenvalue weighted by Crippen LogP contribution is 2.22. The molecular formula is C13H15NO4S. The standard InChI is InChI=1S/C13H15NO4S/c1-8-6-5-7-9(14(8)2)10(12(15)17-3)11(19)13(16)18-4/h5-7H,1-4H3/b10-9+. The minimum absolute atomic E-state index is 0.0237. The van der Waals surface area contributed by atoms with Gasteiger partial charge in [0.1, 0.15) is 10.4 Å². The lowest BCUT2D eigenvalue weighted by molar-refractivity contribution is -0.137. The van der Waals surface area contributed by atoms with Gasteiger partial charge in [0.15, 0.2) is 0 Å². The van der Waals surface area contributed by atoms with Gasteiger partial charge in [0.2, 0.25) is 0 Å². The average molecular weight is 281 g/mol. The molecule has 0 fully saturated rings. The van der Waals surface area contributed by atoms with Crippen molar-refractivity contribution in [3.63, 3.8) is 0 Å². The first-order valence-corrected chi connectivity index (χ1v) is 5.88. The Morgan fingerprint density at radius 1 is 1.21 bits per heavy atom. The molecule has 0 bridgehead atoms. The topological polar surface area (TPSA) is 55.8 Å². The van der Waals surface area contributed by atoms with Gasteiger partial charge < -0.3 is 14.4 Å². The molecule has 0 aliphatic carbocycles. The van der Waals surface area contributed by atoms with E-state index in [1.54, 1.807) is 24.1 Å². The van der Waals surface area contributed by atoms with Crippen LogP contribution >= 0.6 is 12.2 Å². The number of methoxy groups -OCH3 is 2. The molecule has 1 aliphatic heterocycles. The van der Waals surface area contributed by atoms with E-state index in [-0.39, 0.29) is 10.4 Å². The molecule has 0 aromatic heterocycles. The van der Waals surface area contributed by atoms with Gasteiger partial charge in [-0.05, 0) is 19.1 Å². The minimum Gasteiger partial charge on any atom is -0.465 e. The molecule has 0 saturated heterocycles. The van der Waals surface area contributed by atoms with E-state index in [9.17, 15) is 9.59 Å². The molecule has 0 unspecified atom stereocenters. The molecule has 0 N–H and O–H groups in total. The fraction of sp³-hybridized carbons (Fsp3) is 0.308. The molecule has 5 nitrogen and oxygen atoms in total. The zero-order valence-electron chi connectivity index (χ0n) is 11.2. The Balaban J connectivity index is 3.36. The van der Waals surface area contributed by atoms with Crippen LogP contribution in [0.3, 0.4) is 0 Å². The molecule has 0 saturated carbocycles. The van der Waals surface area contributed by atoms with Crippen LogP contribution in [0.4, 0.5) is 0 Å². The SMILES string of the molecule is COC(=O)C(=S)/C(C(=O)OC)=C1/C=CC=C(C)N1C. The number of rotatable bonds is 3. The summed E-state index contributed by atoms with van der Waals surface area (Å²) in [5.74, 6) is -1.41. The van der Waals surface area contributed by atoms with Crippen molar-refractivity contribution in [3.05, 3.63) is 35.2 Å². The Bertz CT molecular complexity index is 517. The van der Waals surface area contributed by atoms with Gasteiger partial charge >= 0.3 is 11.9 Å². The fourth-order valence-corrected chi connectivity index (χ4v) is 1.82. The summed E-state index contributed by atoms with van der Waals surface area (Å²) in [6, 6.07) is 0. The van der Waals surface area contributed by atoms with Gasteiger partial charge in [-0.1, -0.05) is 18.3 Å². The predicted octanol–water partition coefficient (Wildman–Crippen LogP) is 1.36. The highest BCUT2D eigenvalue weighted by molar-refractivity contribution is 7.82. The van der Waals surface area contributed by atoms with Gasteiger partial charge in [-0.15, -0.1) is 0 Å². The van der Waals surface area contributed by atoms with Crippen LogP contribution in [0.2, 0.25) is 0 Å². The third kappa shape index (κ3) is 3.08. The number of nitrogens with zero attached hydrogens (tertiary/aromatic N) is 1. The van der Waals surface area contributed by atoms with Crippen LogP contribution in [0.25, 0.3) is 0 Å². The number of likely N-dealkylation sites (N-methyl/N-ethyl adjacent to an activating group) is 1. The van der Waals surface area contributed by atoms with Crippen LogP contribution in [0.15, 0.2) is 35.2 Å². The van der Waals surface area contributed by atoms with Crippen LogP contribution in [0.1, 0.15) is 6.92 Å². The van der Waals surface area contributed by atoms with E-state index < -0.39 is 11.9 Å². The molecule has 19 heavy (non-hydrogen) atoms. The highest BCUT2D eigenvalue weighted by Gasteiger charge is 2.28. The van der Waals surface area contributed by atoms with Gasteiger partial charge in [-0.2, -0.15) is 0 Å². The van der Waals surface area contributed by atoms with E-state index >= 15 is 0 Å². The summed E-state index contributed by atoms with van der Waals surface area (Å²) in [5, 5.41) is 0. The molecule has 1 rings (SSSR count). The smallest absolute Gasteiger partial charge is 0.349 e. The van der Waals surface area contributed by atoms with Gasteiger partial charge in [0.05, 0.1) is 19.9 Å². The first-order chi connectivity index (χ1) is 8.93. The summed E-state index contributed by atoms with van der Waals surface area (Å²) in [5.41, 5.74) is 1.43. The number of hydrogen-bond donors (Lipinski definition) is 0. The number of thiocarbonyl (C=S) groups is 1. The summed E-state index contributed by atoms with van der Waals surface area (Å²) < 4.78 is 9.25. The second-order valence-electron chi connectivity index (χ2n) is 3.80. The van der Waals surface area contributed by atoms with E-state index in [1.807, 2.05) is 13.0 Å². The number of carbonyl (C=O) groups is 2. The second kappa shape index (κ2) is 6.29. The van der Waals surface area contributed by atoms with Gasteiger partial charge in [0, 0.05) is 12.7 Å². The second-order valence-corrected chi connectivity index (χ2v) is 4.21. The zero-order chi connectivity index (χ0) is 14.6. The first kappa shape index (κ1) is 15.1. The third-order valence-electron chi connectivity index (χ3n) is 2.73. The number of carbonyl (C=O) groups excluding carboxylic acids is 2. The lowest BCUT2D eigenvalue weighted by atomic mass is 10.1.